The van der Waals surface area contributed by atoms with Crippen LogP contribution in [0.2, 0.25) is 0 Å². The third-order valence-corrected chi connectivity index (χ3v) is 6.17. The Bertz CT molecular complexity index is 1180. The number of carbonyl (C=O) groups excluding carboxylic acids is 3. The minimum atomic E-state index is -1.72. The fourth-order valence-electron chi connectivity index (χ4n) is 4.66. The molecule has 4 atom stereocenters. The summed E-state index contributed by atoms with van der Waals surface area (Å²) in [6.45, 7) is 1.42. The number of hydrogen-bond acceptors (Lipinski definition) is 4. The van der Waals surface area contributed by atoms with E-state index < -0.39 is 46.8 Å². The average molecular weight is 461 g/mol. The lowest BCUT2D eigenvalue weighted by atomic mass is 9.61. The van der Waals surface area contributed by atoms with Crippen LogP contribution in [0.4, 0.5) is 15.8 Å². The molecule has 1 fully saturated rings. The van der Waals surface area contributed by atoms with Gasteiger partial charge in [-0.25, -0.2) is 4.39 Å². The average Bonchev–Trinajstić information content (AvgIpc) is 2.79. The summed E-state index contributed by atoms with van der Waals surface area (Å²) < 4.78 is 13.7. The topological polar surface area (TPSA) is 95.5 Å². The highest BCUT2D eigenvalue weighted by Gasteiger charge is 2.55. The summed E-state index contributed by atoms with van der Waals surface area (Å²) >= 11 is 0. The molecule has 174 valence electrons. The monoisotopic (exact) mass is 460 g/mol. The van der Waals surface area contributed by atoms with E-state index in [1.54, 1.807) is 60.7 Å². The van der Waals surface area contributed by atoms with Gasteiger partial charge in [-0.3, -0.25) is 14.4 Å². The molecule has 3 aromatic carbocycles. The van der Waals surface area contributed by atoms with E-state index in [0.717, 1.165) is 0 Å². The van der Waals surface area contributed by atoms with Gasteiger partial charge in [0.25, 0.3) is 0 Å². The second-order valence-electron chi connectivity index (χ2n) is 8.74. The predicted molar refractivity (Wildman–Crippen MR) is 127 cm³/mol. The summed E-state index contributed by atoms with van der Waals surface area (Å²) in [6, 6.07) is 22.7. The third kappa shape index (κ3) is 4.89. The molecule has 6 nitrogen and oxygen atoms in total. The first-order valence-electron chi connectivity index (χ1n) is 11.0. The number of rotatable bonds is 5. The number of hydrogen-bond donors (Lipinski definition) is 3. The number of nitrogens with one attached hydrogen (secondary N) is 2. The molecule has 0 heterocycles. The van der Waals surface area contributed by atoms with Crippen LogP contribution in [0, 0.1) is 17.7 Å². The van der Waals surface area contributed by atoms with Crippen molar-refractivity contribution >= 4 is 29.0 Å². The van der Waals surface area contributed by atoms with Gasteiger partial charge in [-0.1, -0.05) is 48.5 Å². The van der Waals surface area contributed by atoms with Crippen molar-refractivity contribution in [1.29, 1.82) is 0 Å². The molecule has 0 unspecified atom stereocenters. The van der Waals surface area contributed by atoms with Crippen molar-refractivity contribution in [2.75, 3.05) is 10.6 Å². The highest BCUT2D eigenvalue weighted by atomic mass is 19.1. The molecule has 0 bridgehead atoms. The van der Waals surface area contributed by atoms with Gasteiger partial charge in [0.15, 0.2) is 0 Å². The Labute approximate surface area is 196 Å². The highest BCUT2D eigenvalue weighted by Crippen LogP contribution is 2.46. The molecule has 3 N–H and O–H groups in total. The van der Waals surface area contributed by atoms with Crippen molar-refractivity contribution in [3.05, 3.63) is 96.3 Å². The molecule has 3 aromatic rings. The summed E-state index contributed by atoms with van der Waals surface area (Å²) in [5, 5.41) is 16.8. The zero-order valence-corrected chi connectivity index (χ0v) is 18.6. The number of carbonyl (C=O) groups is 3. The number of benzene rings is 3. The lowest BCUT2D eigenvalue weighted by molar-refractivity contribution is -0.150. The third-order valence-electron chi connectivity index (χ3n) is 6.17. The van der Waals surface area contributed by atoms with Gasteiger partial charge in [-0.15, -0.1) is 0 Å². The molecule has 0 aromatic heterocycles. The summed E-state index contributed by atoms with van der Waals surface area (Å²) in [5.41, 5.74) is -0.293. The van der Waals surface area contributed by atoms with E-state index in [-0.39, 0.29) is 6.42 Å². The van der Waals surface area contributed by atoms with Crippen LogP contribution in [0.3, 0.4) is 0 Å². The van der Waals surface area contributed by atoms with Crippen molar-refractivity contribution in [3.63, 3.8) is 0 Å². The first kappa shape index (κ1) is 23.3. The SMILES string of the molecule is C[C@]1(O)CC(=O)[C@H](C(=O)Nc2ccccc2)[C@@H](c2ccc(F)cc2)[C@H]1C(=O)Nc1ccccc1. The Kier molecular flexibility index (Phi) is 6.56. The summed E-state index contributed by atoms with van der Waals surface area (Å²) in [5.74, 6) is -5.51. The minimum absolute atomic E-state index is 0.371. The van der Waals surface area contributed by atoms with Crippen molar-refractivity contribution < 1.29 is 23.9 Å². The van der Waals surface area contributed by atoms with E-state index in [4.69, 9.17) is 0 Å². The minimum Gasteiger partial charge on any atom is -0.389 e. The van der Waals surface area contributed by atoms with Crippen LogP contribution < -0.4 is 10.6 Å². The molecule has 0 spiro atoms. The predicted octanol–water partition coefficient (Wildman–Crippen LogP) is 4.14. The van der Waals surface area contributed by atoms with Crippen LogP contribution in [0.1, 0.15) is 24.8 Å². The van der Waals surface area contributed by atoms with E-state index in [1.807, 2.05) is 0 Å². The van der Waals surface area contributed by atoms with Crippen LogP contribution in [-0.4, -0.2) is 28.3 Å². The van der Waals surface area contributed by atoms with Gasteiger partial charge in [0, 0.05) is 23.7 Å². The fourth-order valence-corrected chi connectivity index (χ4v) is 4.66. The van der Waals surface area contributed by atoms with Gasteiger partial charge >= 0.3 is 0 Å². The van der Waals surface area contributed by atoms with Gasteiger partial charge in [0.2, 0.25) is 11.8 Å². The first-order chi connectivity index (χ1) is 16.3. The Morgan fingerprint density at radius 1 is 0.853 bits per heavy atom. The Balaban J connectivity index is 1.76. The molecular formula is C27H25FN2O4. The summed E-state index contributed by atoms with van der Waals surface area (Å²) in [6.07, 6.45) is -0.371. The number of aliphatic hydroxyl groups is 1. The van der Waals surface area contributed by atoms with Crippen molar-refractivity contribution in [2.24, 2.45) is 11.8 Å². The van der Waals surface area contributed by atoms with Gasteiger partial charge in [0.05, 0.1) is 11.5 Å². The molecule has 0 radical (unpaired) electrons. The van der Waals surface area contributed by atoms with Gasteiger partial charge in [-0.05, 0) is 48.9 Å². The second kappa shape index (κ2) is 9.57. The highest BCUT2D eigenvalue weighted by molar-refractivity contribution is 6.10. The number of para-hydroxylation sites is 2. The standard InChI is InChI=1S/C27H25FN2O4/c1-27(34)16-21(31)23(25(32)29-19-8-4-2-5-9-19)22(17-12-14-18(28)15-13-17)24(27)26(33)30-20-10-6-3-7-11-20/h2-15,22-24,34H,16H2,1H3,(H,29,32)(H,30,33)/t22-,23+,24+,27+/m1/s1. The Morgan fingerprint density at radius 3 is 1.88 bits per heavy atom. The molecule has 34 heavy (non-hydrogen) atoms. The zero-order chi connectivity index (χ0) is 24.3. The van der Waals surface area contributed by atoms with E-state index in [9.17, 15) is 23.9 Å². The van der Waals surface area contributed by atoms with Crippen LogP contribution in [0.15, 0.2) is 84.9 Å². The van der Waals surface area contributed by atoms with E-state index in [2.05, 4.69) is 10.6 Å². The first-order valence-corrected chi connectivity index (χ1v) is 11.0. The van der Waals surface area contributed by atoms with E-state index >= 15 is 0 Å². The maximum Gasteiger partial charge on any atom is 0.235 e. The van der Waals surface area contributed by atoms with Gasteiger partial charge < -0.3 is 15.7 Å². The molecule has 2 amide bonds. The number of Topliss-reactive ketones (excluding diaryl/α,β-unsaturated/α-hetero) is 1. The molecule has 1 saturated carbocycles. The Morgan fingerprint density at radius 2 is 1.35 bits per heavy atom. The summed E-state index contributed by atoms with van der Waals surface area (Å²) in [7, 11) is 0. The second-order valence-corrected chi connectivity index (χ2v) is 8.74. The van der Waals surface area contributed by atoms with E-state index in [1.165, 1.54) is 31.2 Å². The quantitative estimate of drug-likeness (QED) is 0.499. The molecule has 7 heteroatoms. The van der Waals surface area contributed by atoms with Crippen LogP contribution in [0.5, 0.6) is 0 Å². The van der Waals surface area contributed by atoms with Gasteiger partial charge in [0.1, 0.15) is 17.5 Å². The lowest BCUT2D eigenvalue weighted by Gasteiger charge is -2.44. The normalized spacial score (nSPS) is 24.3. The molecule has 4 rings (SSSR count). The number of anilines is 2. The van der Waals surface area contributed by atoms with Crippen LogP contribution in [-0.2, 0) is 14.4 Å². The smallest absolute Gasteiger partial charge is 0.235 e. The molecule has 0 aliphatic heterocycles. The number of amides is 2. The lowest BCUT2D eigenvalue weighted by Crippen LogP contribution is -2.56. The Hall–Kier alpha value is -3.84. The van der Waals surface area contributed by atoms with Crippen molar-refractivity contribution in [3.8, 4) is 0 Å². The van der Waals surface area contributed by atoms with Crippen LogP contribution in [0.25, 0.3) is 0 Å². The largest absolute Gasteiger partial charge is 0.389 e. The van der Waals surface area contributed by atoms with Gasteiger partial charge in [-0.2, -0.15) is 0 Å². The molecule has 0 saturated heterocycles. The number of halogens is 1. The zero-order valence-electron chi connectivity index (χ0n) is 18.6. The molecular weight excluding hydrogens is 435 g/mol. The number of ketones is 1. The maximum atomic E-state index is 13.7. The van der Waals surface area contributed by atoms with Crippen molar-refractivity contribution in [2.45, 2.75) is 24.9 Å². The van der Waals surface area contributed by atoms with Crippen LogP contribution >= 0.6 is 0 Å². The molecule has 1 aliphatic carbocycles. The fraction of sp³-hybridized carbons (Fsp3) is 0.222. The van der Waals surface area contributed by atoms with Crippen molar-refractivity contribution in [1.82, 2.24) is 0 Å². The van der Waals surface area contributed by atoms with E-state index in [0.29, 0.717) is 16.9 Å². The maximum absolute atomic E-state index is 13.7. The summed E-state index contributed by atoms with van der Waals surface area (Å²) in [4.78, 5) is 40.0. The molecule has 1 aliphatic rings.